The Morgan fingerprint density at radius 1 is 1.37 bits per heavy atom. The van der Waals surface area contributed by atoms with E-state index in [9.17, 15) is 13.6 Å². The van der Waals surface area contributed by atoms with Crippen molar-refractivity contribution in [2.45, 2.75) is 32.7 Å². The van der Waals surface area contributed by atoms with Crippen LogP contribution in [0.15, 0.2) is 29.1 Å². The number of anilines is 1. The van der Waals surface area contributed by atoms with Gasteiger partial charge in [-0.25, -0.2) is 4.98 Å². The number of pyridine rings is 1. The molecule has 0 aromatic carbocycles. The predicted molar refractivity (Wildman–Crippen MR) is 93.3 cm³/mol. The summed E-state index contributed by atoms with van der Waals surface area (Å²) in [6.07, 6.45) is 3.65. The third-order valence-electron chi connectivity index (χ3n) is 4.40. The maximum Gasteiger partial charge on any atom is 0.314 e. The maximum atomic E-state index is 12.8. The van der Waals surface area contributed by atoms with Crippen molar-refractivity contribution in [3.63, 3.8) is 0 Å². The molecule has 3 aromatic rings. The van der Waals surface area contributed by atoms with Crippen molar-refractivity contribution in [3.8, 4) is 10.8 Å². The molecule has 0 saturated carbocycles. The van der Waals surface area contributed by atoms with Crippen LogP contribution in [0.2, 0.25) is 0 Å². The first-order valence-corrected chi connectivity index (χ1v) is 9.15. The van der Waals surface area contributed by atoms with Crippen LogP contribution in [0.3, 0.4) is 0 Å². The molecule has 0 radical (unpaired) electrons. The number of aryl methyl sites for hydroxylation is 1. The third kappa shape index (κ3) is 3.44. The number of thiazole rings is 1. The van der Waals surface area contributed by atoms with Gasteiger partial charge in [0.2, 0.25) is 5.91 Å². The lowest BCUT2D eigenvalue weighted by Gasteiger charge is -2.23. The summed E-state index contributed by atoms with van der Waals surface area (Å²) in [5.41, 5.74) is 1.85. The van der Waals surface area contributed by atoms with Gasteiger partial charge in [-0.2, -0.15) is 8.78 Å². The SMILES string of the molecule is C[C@@H]1CCc2ccncc2N(Cc2ncc(-c3nnc(C(F)F)o3)s2)C1=O. The lowest BCUT2D eigenvalue weighted by atomic mass is 10.0. The number of alkyl halides is 2. The van der Waals surface area contributed by atoms with Crippen molar-refractivity contribution in [3.05, 3.63) is 41.1 Å². The summed E-state index contributed by atoms with van der Waals surface area (Å²) in [5.74, 6) is -0.833. The first-order valence-electron chi connectivity index (χ1n) is 8.34. The summed E-state index contributed by atoms with van der Waals surface area (Å²) in [5, 5.41) is 7.59. The van der Waals surface area contributed by atoms with Crippen LogP contribution in [0.5, 0.6) is 0 Å². The highest BCUT2D eigenvalue weighted by molar-refractivity contribution is 7.15. The van der Waals surface area contributed by atoms with E-state index >= 15 is 0 Å². The molecule has 0 aliphatic carbocycles. The van der Waals surface area contributed by atoms with Gasteiger partial charge >= 0.3 is 6.43 Å². The van der Waals surface area contributed by atoms with Gasteiger partial charge in [0.25, 0.3) is 11.8 Å². The Morgan fingerprint density at radius 2 is 2.22 bits per heavy atom. The van der Waals surface area contributed by atoms with Gasteiger partial charge in [0.1, 0.15) is 9.88 Å². The van der Waals surface area contributed by atoms with Crippen LogP contribution < -0.4 is 4.90 Å². The fourth-order valence-corrected chi connectivity index (χ4v) is 3.78. The van der Waals surface area contributed by atoms with E-state index in [1.54, 1.807) is 17.3 Å². The molecule has 1 atom stereocenters. The van der Waals surface area contributed by atoms with E-state index in [0.29, 0.717) is 9.88 Å². The van der Waals surface area contributed by atoms with E-state index in [2.05, 4.69) is 20.2 Å². The Hall–Kier alpha value is -2.75. The Labute approximate surface area is 157 Å². The van der Waals surface area contributed by atoms with Gasteiger partial charge in [-0.1, -0.05) is 6.92 Å². The van der Waals surface area contributed by atoms with Crippen molar-refractivity contribution in [1.29, 1.82) is 0 Å². The quantitative estimate of drug-likeness (QED) is 0.675. The Morgan fingerprint density at radius 3 is 3.00 bits per heavy atom. The van der Waals surface area contributed by atoms with Gasteiger partial charge in [-0.3, -0.25) is 9.78 Å². The Bertz CT molecular complexity index is 974. The minimum absolute atomic E-state index is 0.00771. The van der Waals surface area contributed by atoms with Crippen LogP contribution in [-0.4, -0.2) is 26.1 Å². The molecule has 140 valence electrons. The third-order valence-corrected chi connectivity index (χ3v) is 5.37. The number of halogens is 2. The molecule has 10 heteroatoms. The van der Waals surface area contributed by atoms with E-state index in [-0.39, 0.29) is 24.3 Å². The molecule has 4 rings (SSSR count). The fourth-order valence-electron chi connectivity index (χ4n) is 2.95. The van der Waals surface area contributed by atoms with E-state index in [1.165, 1.54) is 17.5 Å². The van der Waals surface area contributed by atoms with Gasteiger partial charge in [0, 0.05) is 12.1 Å². The minimum atomic E-state index is -2.82. The van der Waals surface area contributed by atoms with Crippen molar-refractivity contribution < 1.29 is 18.0 Å². The second-order valence-electron chi connectivity index (χ2n) is 6.23. The van der Waals surface area contributed by atoms with Gasteiger partial charge in [-0.15, -0.1) is 21.5 Å². The van der Waals surface area contributed by atoms with Crippen molar-refractivity contribution in [2.75, 3.05) is 4.90 Å². The number of hydrogen-bond donors (Lipinski definition) is 0. The highest BCUT2D eigenvalue weighted by atomic mass is 32.1. The van der Waals surface area contributed by atoms with Gasteiger partial charge in [0.05, 0.1) is 24.6 Å². The molecule has 3 aromatic heterocycles. The molecule has 0 saturated heterocycles. The molecular formula is C17H15F2N5O2S. The van der Waals surface area contributed by atoms with E-state index < -0.39 is 12.3 Å². The van der Waals surface area contributed by atoms with Crippen LogP contribution in [0, 0.1) is 5.92 Å². The standard InChI is InChI=1S/C17H15F2N5O2S/c1-9-2-3-10-4-5-20-6-11(10)24(17(9)25)8-13-21-7-12(27-13)15-22-23-16(26-15)14(18)19/h4-7,9,14H,2-3,8H2,1H3/t9-/m1/s1. The molecule has 7 nitrogen and oxygen atoms in total. The lowest BCUT2D eigenvalue weighted by molar-refractivity contribution is -0.122. The molecule has 1 amide bonds. The minimum Gasteiger partial charge on any atom is -0.414 e. The van der Waals surface area contributed by atoms with Crippen molar-refractivity contribution in [1.82, 2.24) is 20.2 Å². The molecule has 4 heterocycles. The predicted octanol–water partition coefficient (Wildman–Crippen LogP) is 3.64. The largest absolute Gasteiger partial charge is 0.414 e. The zero-order valence-corrected chi connectivity index (χ0v) is 15.1. The smallest absolute Gasteiger partial charge is 0.314 e. The average molecular weight is 391 g/mol. The molecule has 0 unspecified atom stereocenters. The lowest BCUT2D eigenvalue weighted by Crippen LogP contribution is -2.33. The van der Waals surface area contributed by atoms with Crippen LogP contribution in [0.4, 0.5) is 14.5 Å². The highest BCUT2D eigenvalue weighted by Crippen LogP contribution is 2.32. The topological polar surface area (TPSA) is 85.0 Å². The number of carbonyl (C=O) groups is 1. The monoisotopic (exact) mass is 391 g/mol. The summed E-state index contributed by atoms with van der Waals surface area (Å²) in [4.78, 5) is 23.4. The molecule has 0 spiro atoms. The Kier molecular flexibility index (Phi) is 4.65. The number of hydrogen-bond acceptors (Lipinski definition) is 7. The van der Waals surface area contributed by atoms with Crippen molar-refractivity contribution >= 4 is 22.9 Å². The van der Waals surface area contributed by atoms with Crippen LogP contribution in [0.1, 0.15) is 36.2 Å². The number of fused-ring (bicyclic) bond motifs is 1. The molecule has 0 bridgehead atoms. The zero-order chi connectivity index (χ0) is 19.0. The average Bonchev–Trinajstić information content (AvgIpc) is 3.31. The zero-order valence-electron chi connectivity index (χ0n) is 14.3. The molecule has 27 heavy (non-hydrogen) atoms. The van der Waals surface area contributed by atoms with Gasteiger partial charge in [-0.05, 0) is 24.5 Å². The summed E-state index contributed by atoms with van der Waals surface area (Å²) in [6, 6.07) is 1.92. The maximum absolute atomic E-state index is 12.8. The first kappa shape index (κ1) is 17.7. The molecule has 1 aliphatic heterocycles. The number of amides is 1. The summed E-state index contributed by atoms with van der Waals surface area (Å²) in [7, 11) is 0. The number of carbonyl (C=O) groups excluding carboxylic acids is 1. The van der Waals surface area contributed by atoms with Crippen molar-refractivity contribution in [2.24, 2.45) is 5.92 Å². The van der Waals surface area contributed by atoms with Crippen LogP contribution in [0.25, 0.3) is 10.8 Å². The van der Waals surface area contributed by atoms with Gasteiger partial charge in [0.15, 0.2) is 0 Å². The molecule has 1 aliphatic rings. The van der Waals surface area contributed by atoms with E-state index in [0.717, 1.165) is 24.1 Å². The van der Waals surface area contributed by atoms with Gasteiger partial charge < -0.3 is 9.32 Å². The summed E-state index contributed by atoms with van der Waals surface area (Å²) in [6.45, 7) is 2.18. The molecule has 0 N–H and O–H groups in total. The Balaban J connectivity index is 1.61. The van der Waals surface area contributed by atoms with E-state index in [4.69, 9.17) is 4.42 Å². The summed E-state index contributed by atoms with van der Waals surface area (Å²) >= 11 is 1.22. The highest BCUT2D eigenvalue weighted by Gasteiger charge is 2.28. The van der Waals surface area contributed by atoms with Crippen LogP contribution >= 0.6 is 11.3 Å². The van der Waals surface area contributed by atoms with E-state index in [1.807, 2.05) is 13.0 Å². The molecular weight excluding hydrogens is 376 g/mol. The fraction of sp³-hybridized carbons (Fsp3) is 0.353. The number of nitrogens with zero attached hydrogens (tertiary/aromatic N) is 5. The summed E-state index contributed by atoms with van der Waals surface area (Å²) < 4.78 is 30.2. The first-order chi connectivity index (χ1) is 13.0. The molecule has 0 fully saturated rings. The normalized spacial score (nSPS) is 17.3. The second kappa shape index (κ2) is 7.10. The number of rotatable bonds is 4. The van der Waals surface area contributed by atoms with Crippen LogP contribution in [-0.2, 0) is 17.8 Å². The number of aromatic nitrogens is 4. The second-order valence-corrected chi connectivity index (χ2v) is 7.35.